The Hall–Kier alpha value is -4.23. The summed E-state index contributed by atoms with van der Waals surface area (Å²) >= 11 is 0. The van der Waals surface area contributed by atoms with Crippen LogP contribution in [0.3, 0.4) is 0 Å². The van der Waals surface area contributed by atoms with Crippen molar-refractivity contribution in [1.82, 2.24) is 24.6 Å². The summed E-state index contributed by atoms with van der Waals surface area (Å²) < 4.78 is 41.9. The van der Waals surface area contributed by atoms with Crippen molar-refractivity contribution in [2.24, 2.45) is 0 Å². The summed E-state index contributed by atoms with van der Waals surface area (Å²) in [5.41, 5.74) is 8.85. The molecule has 5 rings (SSSR count). The van der Waals surface area contributed by atoms with Crippen molar-refractivity contribution in [3.05, 3.63) is 81.8 Å². The summed E-state index contributed by atoms with van der Waals surface area (Å²) in [5.74, 6) is 6.19. The van der Waals surface area contributed by atoms with Gasteiger partial charge < -0.3 is 10.6 Å². The van der Waals surface area contributed by atoms with Crippen LogP contribution in [0.2, 0.25) is 0 Å². The van der Waals surface area contributed by atoms with E-state index in [1.54, 1.807) is 12.1 Å². The quantitative estimate of drug-likeness (QED) is 0.282. The van der Waals surface area contributed by atoms with Gasteiger partial charge in [-0.2, -0.15) is 18.3 Å². The number of benzene rings is 2. The molecule has 1 aliphatic rings. The molecule has 0 aliphatic carbocycles. The largest absolute Gasteiger partial charge is 0.416 e. The number of halogens is 3. The van der Waals surface area contributed by atoms with Gasteiger partial charge in [0.25, 0.3) is 0 Å². The highest BCUT2D eigenvalue weighted by Crippen LogP contribution is 2.33. The van der Waals surface area contributed by atoms with Crippen LogP contribution in [0.1, 0.15) is 62.8 Å². The molecule has 0 saturated carbocycles. The normalized spacial score (nSPS) is 16.1. The van der Waals surface area contributed by atoms with Gasteiger partial charge in [0.15, 0.2) is 11.4 Å². The Kier molecular flexibility index (Phi) is 7.34. The summed E-state index contributed by atoms with van der Waals surface area (Å²) in [5, 5.41) is 5.39. The lowest BCUT2D eigenvalue weighted by Gasteiger charge is -2.29. The van der Waals surface area contributed by atoms with Gasteiger partial charge in [0, 0.05) is 24.1 Å². The number of aromatic nitrogens is 4. The van der Waals surface area contributed by atoms with Gasteiger partial charge >= 0.3 is 6.18 Å². The number of Topliss-reactive ketones (excluding diaryl/α,β-unsaturated/α-hetero) is 1. The van der Waals surface area contributed by atoms with Gasteiger partial charge in [-0.15, -0.1) is 0 Å². The highest BCUT2D eigenvalue weighted by Gasteiger charge is 2.33. The second-order valence-electron chi connectivity index (χ2n) is 10.3. The van der Waals surface area contributed by atoms with E-state index in [0.717, 1.165) is 37.6 Å². The first-order valence-electron chi connectivity index (χ1n) is 13.0. The van der Waals surface area contributed by atoms with E-state index in [9.17, 15) is 18.0 Å². The van der Waals surface area contributed by atoms with Crippen LogP contribution in [0.5, 0.6) is 0 Å². The molecule has 1 saturated heterocycles. The molecule has 2 N–H and O–H groups in total. The SMILES string of the molecule is Cc1ccc(CC(=O)c2ccc(C)c(C(F)(F)F)c2)cc1C#Cc1nn([C@@H]2CCCN(C)C2)c2ncnc(N)c12. The van der Waals surface area contributed by atoms with E-state index in [1.807, 2.05) is 17.7 Å². The Morgan fingerprint density at radius 2 is 1.88 bits per heavy atom. The fourth-order valence-corrected chi connectivity index (χ4v) is 5.10. The van der Waals surface area contributed by atoms with Crippen molar-refractivity contribution in [3.8, 4) is 11.8 Å². The Morgan fingerprint density at radius 3 is 2.62 bits per heavy atom. The molecular weight excluding hydrogens is 517 g/mol. The van der Waals surface area contributed by atoms with E-state index in [-0.39, 0.29) is 23.6 Å². The molecule has 2 aromatic heterocycles. The van der Waals surface area contributed by atoms with Gasteiger partial charge in [-0.1, -0.05) is 30.2 Å². The minimum atomic E-state index is -4.52. The second-order valence-corrected chi connectivity index (χ2v) is 10.3. The average molecular weight is 547 g/mol. The Morgan fingerprint density at radius 1 is 1.10 bits per heavy atom. The molecule has 1 aliphatic heterocycles. The smallest absolute Gasteiger partial charge is 0.383 e. The third kappa shape index (κ3) is 5.56. The Balaban J connectivity index is 1.45. The lowest BCUT2D eigenvalue weighted by atomic mass is 9.96. The van der Waals surface area contributed by atoms with Crippen LogP contribution in [0.4, 0.5) is 19.0 Å². The maximum absolute atomic E-state index is 13.3. The monoisotopic (exact) mass is 546 g/mol. The summed E-state index contributed by atoms with van der Waals surface area (Å²) in [7, 11) is 2.08. The number of hydrogen-bond donors (Lipinski definition) is 1. The predicted molar refractivity (Wildman–Crippen MR) is 147 cm³/mol. The summed E-state index contributed by atoms with van der Waals surface area (Å²) in [6, 6.07) is 9.23. The number of piperidine rings is 1. The average Bonchev–Trinajstić information content (AvgIpc) is 3.28. The standard InChI is InChI=1S/C30H29F3N6O/c1-18-6-8-20(14-26(40)22-9-7-19(2)24(15-22)30(31,32)33)13-21(18)10-11-25-27-28(34)35-17-36-29(27)39(37-25)23-5-4-12-38(3)16-23/h6-9,13,15,17,23H,4-5,12,14,16H2,1-3H3,(H2,34,35,36)/t23-/m1/s1. The van der Waals surface area contributed by atoms with Gasteiger partial charge in [0.2, 0.25) is 0 Å². The van der Waals surface area contributed by atoms with Crippen LogP contribution >= 0.6 is 0 Å². The number of likely N-dealkylation sites (N-methyl/N-ethyl adjacent to an activating group) is 1. The van der Waals surface area contributed by atoms with Gasteiger partial charge in [-0.25, -0.2) is 14.6 Å². The summed E-state index contributed by atoms with van der Waals surface area (Å²) in [6.45, 7) is 5.15. The molecule has 0 bridgehead atoms. The summed E-state index contributed by atoms with van der Waals surface area (Å²) in [6.07, 6.45) is -1.13. The van der Waals surface area contributed by atoms with Crippen molar-refractivity contribution in [3.63, 3.8) is 0 Å². The number of alkyl halides is 3. The lowest BCUT2D eigenvalue weighted by molar-refractivity contribution is -0.138. The number of fused-ring (bicyclic) bond motifs is 1. The molecule has 1 atom stereocenters. The molecule has 2 aromatic carbocycles. The fraction of sp³-hybridized carbons (Fsp3) is 0.333. The van der Waals surface area contributed by atoms with Crippen molar-refractivity contribution in [2.75, 3.05) is 25.9 Å². The molecule has 0 unspecified atom stereocenters. The number of ketones is 1. The Bertz CT molecular complexity index is 1660. The van der Waals surface area contributed by atoms with E-state index in [4.69, 9.17) is 10.8 Å². The number of nitrogens with zero attached hydrogens (tertiary/aromatic N) is 5. The first kappa shape index (κ1) is 27.3. The molecule has 40 heavy (non-hydrogen) atoms. The number of anilines is 1. The molecule has 4 aromatic rings. The number of rotatable bonds is 4. The zero-order chi connectivity index (χ0) is 28.6. The first-order valence-corrected chi connectivity index (χ1v) is 13.0. The molecule has 1 fully saturated rings. The number of hydrogen-bond acceptors (Lipinski definition) is 6. The minimum absolute atomic E-state index is 0.0203. The zero-order valence-electron chi connectivity index (χ0n) is 22.5. The lowest BCUT2D eigenvalue weighted by Crippen LogP contribution is -2.34. The van der Waals surface area contributed by atoms with E-state index >= 15 is 0 Å². The van der Waals surface area contributed by atoms with Gasteiger partial charge in [-0.05, 0) is 75.0 Å². The van der Waals surface area contributed by atoms with Crippen molar-refractivity contribution >= 4 is 22.6 Å². The van der Waals surface area contributed by atoms with Gasteiger partial charge in [-0.3, -0.25) is 4.79 Å². The second kappa shape index (κ2) is 10.7. The minimum Gasteiger partial charge on any atom is -0.383 e. The first-order chi connectivity index (χ1) is 19.0. The van der Waals surface area contributed by atoms with Crippen molar-refractivity contribution in [2.45, 2.75) is 45.3 Å². The molecule has 0 spiro atoms. The number of aryl methyl sites for hydroxylation is 2. The fourth-order valence-electron chi connectivity index (χ4n) is 5.10. The van der Waals surface area contributed by atoms with E-state index in [2.05, 4.69) is 33.8 Å². The van der Waals surface area contributed by atoms with Crippen LogP contribution in [0.15, 0.2) is 42.7 Å². The van der Waals surface area contributed by atoms with Crippen LogP contribution < -0.4 is 5.73 Å². The van der Waals surface area contributed by atoms with Crippen LogP contribution in [-0.4, -0.2) is 50.6 Å². The molecule has 3 heterocycles. The number of carbonyl (C=O) groups excluding carboxylic acids is 1. The number of nitrogen functional groups attached to an aromatic ring is 1. The van der Waals surface area contributed by atoms with Gasteiger partial charge in [0.05, 0.1) is 17.0 Å². The van der Waals surface area contributed by atoms with Gasteiger partial charge in [0.1, 0.15) is 17.8 Å². The van der Waals surface area contributed by atoms with E-state index < -0.39 is 17.5 Å². The van der Waals surface area contributed by atoms with Crippen LogP contribution in [-0.2, 0) is 12.6 Å². The maximum atomic E-state index is 13.3. The van der Waals surface area contributed by atoms with Crippen LogP contribution in [0.25, 0.3) is 11.0 Å². The highest BCUT2D eigenvalue weighted by atomic mass is 19.4. The number of carbonyl (C=O) groups is 1. The molecule has 7 nitrogen and oxygen atoms in total. The zero-order valence-corrected chi connectivity index (χ0v) is 22.5. The predicted octanol–water partition coefficient (Wildman–Crippen LogP) is 5.14. The Labute approximate surface area is 230 Å². The van der Waals surface area contributed by atoms with Crippen LogP contribution in [0, 0.1) is 25.7 Å². The molecular formula is C30H29F3N6O. The third-order valence-electron chi connectivity index (χ3n) is 7.31. The topological polar surface area (TPSA) is 89.9 Å². The van der Waals surface area contributed by atoms with E-state index in [1.165, 1.54) is 25.4 Å². The maximum Gasteiger partial charge on any atom is 0.416 e. The van der Waals surface area contributed by atoms with Crippen molar-refractivity contribution < 1.29 is 18.0 Å². The molecule has 10 heteroatoms. The summed E-state index contributed by atoms with van der Waals surface area (Å²) in [4.78, 5) is 23.7. The highest BCUT2D eigenvalue weighted by molar-refractivity contribution is 5.98. The number of likely N-dealkylation sites (tertiary alicyclic amines) is 1. The molecule has 206 valence electrons. The third-order valence-corrected chi connectivity index (χ3v) is 7.31. The molecule has 0 amide bonds. The van der Waals surface area contributed by atoms with Crippen molar-refractivity contribution in [1.29, 1.82) is 0 Å². The number of nitrogens with two attached hydrogens (primary N) is 1. The molecule has 0 radical (unpaired) electrons. The van der Waals surface area contributed by atoms with E-state index in [0.29, 0.717) is 33.7 Å².